The van der Waals surface area contributed by atoms with Crippen molar-refractivity contribution in [3.05, 3.63) is 29.2 Å². The van der Waals surface area contributed by atoms with E-state index >= 15 is 0 Å². The van der Waals surface area contributed by atoms with Gasteiger partial charge in [-0.1, -0.05) is 6.08 Å². The number of aromatic nitrogens is 3. The molecule has 2 rings (SSSR count). The summed E-state index contributed by atoms with van der Waals surface area (Å²) in [5.41, 5.74) is 4.65. The largest absolute Gasteiger partial charge is 0.308 e. The molecule has 2 aromatic rings. The van der Waals surface area contributed by atoms with Crippen molar-refractivity contribution in [3.8, 4) is 0 Å². The summed E-state index contributed by atoms with van der Waals surface area (Å²) in [6, 6.07) is 1.94. The summed E-state index contributed by atoms with van der Waals surface area (Å²) in [7, 11) is 1.93. The fraction of sp³-hybridized carbons (Fsp3) is 0.308. The highest BCUT2D eigenvalue weighted by atomic mass is 15.3. The number of allylic oxidation sites excluding steroid dienone is 2. The molecule has 0 spiro atoms. The highest BCUT2D eigenvalue weighted by Gasteiger charge is 2.11. The summed E-state index contributed by atoms with van der Waals surface area (Å²) in [6.45, 7) is 5.93. The first-order valence-electron chi connectivity index (χ1n) is 5.56. The van der Waals surface area contributed by atoms with E-state index in [-0.39, 0.29) is 0 Å². The SMILES string of the molecule is C/C=C(\C=N)c1cc2nn(C)c(C)c2c(C)n1. The Balaban J connectivity index is 2.76. The molecule has 0 saturated heterocycles. The second-order valence-corrected chi connectivity index (χ2v) is 4.08. The van der Waals surface area contributed by atoms with Crippen LogP contribution in [0.2, 0.25) is 0 Å². The predicted molar refractivity (Wildman–Crippen MR) is 70.4 cm³/mol. The van der Waals surface area contributed by atoms with Gasteiger partial charge in [-0.3, -0.25) is 9.67 Å². The van der Waals surface area contributed by atoms with Gasteiger partial charge in [0.05, 0.1) is 11.2 Å². The van der Waals surface area contributed by atoms with Crippen LogP contribution in [0.25, 0.3) is 16.5 Å². The Bertz CT molecular complexity index is 620. The average molecular weight is 228 g/mol. The highest BCUT2D eigenvalue weighted by molar-refractivity contribution is 6.08. The third-order valence-corrected chi connectivity index (χ3v) is 3.05. The van der Waals surface area contributed by atoms with Crippen molar-refractivity contribution in [1.29, 1.82) is 5.41 Å². The van der Waals surface area contributed by atoms with Gasteiger partial charge in [0.1, 0.15) is 0 Å². The Hall–Kier alpha value is -1.97. The Morgan fingerprint density at radius 3 is 2.71 bits per heavy atom. The molecule has 0 aliphatic rings. The Morgan fingerprint density at radius 1 is 1.41 bits per heavy atom. The van der Waals surface area contributed by atoms with Crippen LogP contribution in [0, 0.1) is 19.3 Å². The minimum atomic E-state index is 0.811. The first-order valence-corrected chi connectivity index (χ1v) is 5.56. The van der Waals surface area contributed by atoms with Crippen molar-refractivity contribution in [2.24, 2.45) is 7.05 Å². The molecule has 0 amide bonds. The van der Waals surface area contributed by atoms with Gasteiger partial charge in [0.15, 0.2) is 0 Å². The monoisotopic (exact) mass is 228 g/mol. The maximum atomic E-state index is 7.36. The normalized spacial score (nSPS) is 12.1. The number of pyridine rings is 1. The molecule has 1 N–H and O–H groups in total. The van der Waals surface area contributed by atoms with E-state index < -0.39 is 0 Å². The van der Waals surface area contributed by atoms with E-state index in [0.29, 0.717) is 0 Å². The smallest absolute Gasteiger partial charge is 0.0966 e. The second-order valence-electron chi connectivity index (χ2n) is 4.08. The minimum Gasteiger partial charge on any atom is -0.308 e. The molecule has 0 aliphatic carbocycles. The lowest BCUT2D eigenvalue weighted by atomic mass is 10.1. The van der Waals surface area contributed by atoms with E-state index in [2.05, 4.69) is 10.1 Å². The van der Waals surface area contributed by atoms with Crippen LogP contribution in [0.4, 0.5) is 0 Å². The standard InChI is InChI=1S/C13H16N4/c1-5-10(7-14)11-6-12-13(8(2)15-11)9(3)17(4)16-12/h5-7,14H,1-4H3/b10-5+,14-7?. The third-order valence-electron chi connectivity index (χ3n) is 3.05. The maximum Gasteiger partial charge on any atom is 0.0966 e. The predicted octanol–water partition coefficient (Wildman–Crippen LogP) is 2.64. The molecule has 17 heavy (non-hydrogen) atoms. The average Bonchev–Trinajstić information content (AvgIpc) is 2.57. The third kappa shape index (κ3) is 1.75. The highest BCUT2D eigenvalue weighted by Crippen LogP contribution is 2.23. The summed E-state index contributed by atoms with van der Waals surface area (Å²) >= 11 is 0. The van der Waals surface area contributed by atoms with Crippen LogP contribution < -0.4 is 0 Å². The van der Waals surface area contributed by atoms with Crippen LogP contribution >= 0.6 is 0 Å². The van der Waals surface area contributed by atoms with Crippen molar-refractivity contribution in [2.45, 2.75) is 20.8 Å². The van der Waals surface area contributed by atoms with Crippen LogP contribution in [0.3, 0.4) is 0 Å². The number of nitrogens with one attached hydrogen (secondary N) is 1. The molecule has 0 atom stereocenters. The molecule has 0 aliphatic heterocycles. The molecule has 0 radical (unpaired) electrons. The van der Waals surface area contributed by atoms with Gasteiger partial charge >= 0.3 is 0 Å². The molecule has 2 heterocycles. The second kappa shape index (κ2) is 4.13. The van der Waals surface area contributed by atoms with Gasteiger partial charge in [-0.15, -0.1) is 0 Å². The van der Waals surface area contributed by atoms with E-state index in [1.807, 2.05) is 44.6 Å². The van der Waals surface area contributed by atoms with Gasteiger partial charge in [-0.25, -0.2) is 0 Å². The lowest BCUT2D eigenvalue weighted by Crippen LogP contribution is -1.94. The fourth-order valence-corrected chi connectivity index (χ4v) is 2.03. The maximum absolute atomic E-state index is 7.36. The molecule has 0 aromatic carbocycles. The van der Waals surface area contributed by atoms with Gasteiger partial charge in [0.25, 0.3) is 0 Å². The summed E-state index contributed by atoms with van der Waals surface area (Å²) in [5, 5.41) is 12.9. The first-order chi connectivity index (χ1) is 8.08. The lowest BCUT2D eigenvalue weighted by molar-refractivity contribution is 0.751. The Labute approximate surface area is 100 Å². The van der Waals surface area contributed by atoms with E-state index in [0.717, 1.165) is 33.6 Å². The molecular weight excluding hydrogens is 212 g/mol. The molecule has 0 bridgehead atoms. The Kier molecular flexibility index (Phi) is 2.79. The fourth-order valence-electron chi connectivity index (χ4n) is 2.03. The molecule has 88 valence electrons. The first kappa shape index (κ1) is 11.5. The van der Waals surface area contributed by atoms with E-state index in [9.17, 15) is 0 Å². The molecule has 0 saturated carbocycles. The van der Waals surface area contributed by atoms with Gasteiger partial charge in [-0.05, 0) is 26.8 Å². The molecule has 0 unspecified atom stereocenters. The zero-order valence-corrected chi connectivity index (χ0v) is 10.6. The van der Waals surface area contributed by atoms with Crippen molar-refractivity contribution in [3.63, 3.8) is 0 Å². The number of nitrogens with zero attached hydrogens (tertiary/aromatic N) is 3. The van der Waals surface area contributed by atoms with Crippen molar-refractivity contribution in [2.75, 3.05) is 0 Å². The number of fused-ring (bicyclic) bond motifs is 1. The van der Waals surface area contributed by atoms with Crippen LogP contribution in [-0.2, 0) is 7.05 Å². The van der Waals surface area contributed by atoms with E-state index in [1.54, 1.807) is 0 Å². The van der Waals surface area contributed by atoms with Crippen LogP contribution in [0.5, 0.6) is 0 Å². The number of hydrogen-bond acceptors (Lipinski definition) is 3. The summed E-state index contributed by atoms with van der Waals surface area (Å²) < 4.78 is 1.86. The van der Waals surface area contributed by atoms with Crippen LogP contribution in [0.15, 0.2) is 12.1 Å². The zero-order valence-electron chi connectivity index (χ0n) is 10.6. The zero-order chi connectivity index (χ0) is 12.6. The molecule has 4 heteroatoms. The summed E-state index contributed by atoms with van der Waals surface area (Å²) in [5.74, 6) is 0. The van der Waals surface area contributed by atoms with Gasteiger partial charge < -0.3 is 5.41 Å². The van der Waals surface area contributed by atoms with Gasteiger partial charge in [-0.2, -0.15) is 5.10 Å². The Morgan fingerprint density at radius 2 is 2.12 bits per heavy atom. The van der Waals surface area contributed by atoms with Crippen LogP contribution in [-0.4, -0.2) is 21.0 Å². The number of rotatable bonds is 2. The molecule has 0 fully saturated rings. The number of aryl methyl sites for hydroxylation is 3. The van der Waals surface area contributed by atoms with Crippen molar-refractivity contribution in [1.82, 2.24) is 14.8 Å². The van der Waals surface area contributed by atoms with Crippen molar-refractivity contribution < 1.29 is 0 Å². The number of hydrogen-bond donors (Lipinski definition) is 1. The van der Waals surface area contributed by atoms with Gasteiger partial charge in [0, 0.05) is 35.6 Å². The van der Waals surface area contributed by atoms with Gasteiger partial charge in [0.2, 0.25) is 0 Å². The van der Waals surface area contributed by atoms with E-state index in [1.165, 1.54) is 6.21 Å². The van der Waals surface area contributed by atoms with Crippen molar-refractivity contribution >= 4 is 22.7 Å². The lowest BCUT2D eigenvalue weighted by Gasteiger charge is -2.03. The topological polar surface area (TPSA) is 54.6 Å². The minimum absolute atomic E-state index is 0.811. The molecular formula is C13H16N4. The summed E-state index contributed by atoms with van der Waals surface area (Å²) in [6.07, 6.45) is 3.21. The van der Waals surface area contributed by atoms with E-state index in [4.69, 9.17) is 5.41 Å². The molecule has 4 nitrogen and oxygen atoms in total. The molecule has 2 aromatic heterocycles. The summed E-state index contributed by atoms with van der Waals surface area (Å²) in [4.78, 5) is 4.54. The quantitative estimate of drug-likeness (QED) is 0.803. The van der Waals surface area contributed by atoms with Crippen LogP contribution in [0.1, 0.15) is 24.0 Å².